The Morgan fingerprint density at radius 2 is 1.78 bits per heavy atom. The number of ether oxygens (including phenoxy) is 1. The lowest BCUT2D eigenvalue weighted by atomic mass is 9.96. The fourth-order valence-corrected chi connectivity index (χ4v) is 5.65. The van der Waals surface area contributed by atoms with E-state index in [-0.39, 0.29) is 17.7 Å². The first-order chi connectivity index (χ1) is 19.9. The molecule has 41 heavy (non-hydrogen) atoms. The van der Waals surface area contributed by atoms with Crippen LogP contribution >= 0.6 is 0 Å². The molecule has 0 bridgehead atoms. The Morgan fingerprint density at radius 1 is 1.00 bits per heavy atom. The molecule has 1 unspecified atom stereocenters. The van der Waals surface area contributed by atoms with E-state index >= 15 is 0 Å². The topological polar surface area (TPSA) is 82.2 Å². The third-order valence-corrected chi connectivity index (χ3v) is 8.03. The van der Waals surface area contributed by atoms with E-state index in [1.807, 2.05) is 73.3 Å². The highest BCUT2D eigenvalue weighted by molar-refractivity contribution is 6.05. The number of aryl methyl sites for hydroxylation is 1. The normalized spacial score (nSPS) is 17.2. The largest absolute Gasteiger partial charge is 0.366 e. The maximum absolute atomic E-state index is 13.4. The summed E-state index contributed by atoms with van der Waals surface area (Å²) in [4.78, 5) is 44.3. The zero-order valence-electron chi connectivity index (χ0n) is 24.1. The molecule has 0 saturated carbocycles. The van der Waals surface area contributed by atoms with Gasteiger partial charge in [0.15, 0.2) is 0 Å². The number of rotatable bonds is 8. The van der Waals surface area contributed by atoms with Crippen molar-refractivity contribution < 1.29 is 19.1 Å². The number of hydrogen-bond acceptors (Lipinski definition) is 5. The monoisotopic (exact) mass is 554 g/mol. The molecule has 5 rings (SSSR count). The second kappa shape index (κ2) is 12.7. The molecular weight excluding hydrogens is 516 g/mol. The van der Waals surface area contributed by atoms with Gasteiger partial charge in [-0.3, -0.25) is 19.3 Å². The average molecular weight is 555 g/mol. The second-order valence-corrected chi connectivity index (χ2v) is 10.6. The quantitative estimate of drug-likeness (QED) is 0.441. The van der Waals surface area contributed by atoms with Crippen LogP contribution in [-0.2, 0) is 27.3 Å². The van der Waals surface area contributed by atoms with Crippen LogP contribution in [0, 0.1) is 0 Å². The minimum Gasteiger partial charge on any atom is -0.366 e. The molecule has 0 radical (unpaired) electrons. The molecule has 1 saturated heterocycles. The molecule has 8 heteroatoms. The van der Waals surface area contributed by atoms with E-state index < -0.39 is 6.10 Å². The first kappa shape index (κ1) is 28.5. The van der Waals surface area contributed by atoms with Crippen LogP contribution in [0.2, 0.25) is 0 Å². The van der Waals surface area contributed by atoms with Crippen LogP contribution in [0.3, 0.4) is 0 Å². The molecule has 0 aliphatic carbocycles. The van der Waals surface area contributed by atoms with E-state index in [9.17, 15) is 14.4 Å². The van der Waals surface area contributed by atoms with Crippen LogP contribution in [0.4, 0.5) is 11.4 Å². The molecule has 2 aliphatic rings. The van der Waals surface area contributed by atoms with Crippen molar-refractivity contribution in [3.8, 4) is 11.1 Å². The summed E-state index contributed by atoms with van der Waals surface area (Å²) >= 11 is 0. The zero-order chi connectivity index (χ0) is 28.9. The van der Waals surface area contributed by atoms with Gasteiger partial charge in [-0.15, -0.1) is 0 Å². The van der Waals surface area contributed by atoms with E-state index in [1.165, 1.54) is 0 Å². The van der Waals surface area contributed by atoms with Gasteiger partial charge in [0.2, 0.25) is 5.91 Å². The van der Waals surface area contributed by atoms with Crippen LogP contribution < -0.4 is 10.2 Å². The van der Waals surface area contributed by atoms with Gasteiger partial charge in [-0.25, -0.2) is 0 Å². The number of carbonyl (C=O) groups excluding carboxylic acids is 3. The predicted molar refractivity (Wildman–Crippen MR) is 161 cm³/mol. The number of carbonyl (C=O) groups is 3. The van der Waals surface area contributed by atoms with Crippen LogP contribution in [0.15, 0.2) is 66.7 Å². The summed E-state index contributed by atoms with van der Waals surface area (Å²) in [6, 6.07) is 21.7. The van der Waals surface area contributed by atoms with Crippen LogP contribution in [0.5, 0.6) is 0 Å². The number of morpholine rings is 1. The van der Waals surface area contributed by atoms with Crippen molar-refractivity contribution in [2.45, 2.75) is 39.3 Å². The van der Waals surface area contributed by atoms with Crippen molar-refractivity contribution in [3.05, 3.63) is 83.4 Å². The minimum atomic E-state index is -0.496. The number of fused-ring (bicyclic) bond motifs is 1. The Labute approximate surface area is 241 Å². The van der Waals surface area contributed by atoms with Gasteiger partial charge in [0, 0.05) is 63.1 Å². The van der Waals surface area contributed by atoms with Crippen molar-refractivity contribution in [2.75, 3.05) is 50.1 Å². The van der Waals surface area contributed by atoms with Gasteiger partial charge in [-0.1, -0.05) is 42.5 Å². The molecule has 1 fully saturated rings. The Balaban J connectivity index is 1.39. The average Bonchev–Trinajstić information content (AvgIpc) is 3.00. The summed E-state index contributed by atoms with van der Waals surface area (Å²) in [6.45, 7) is 7.54. The number of nitrogens with zero attached hydrogens (tertiary/aromatic N) is 3. The van der Waals surface area contributed by atoms with Gasteiger partial charge in [-0.05, 0) is 66.8 Å². The van der Waals surface area contributed by atoms with E-state index in [0.717, 1.165) is 27.9 Å². The SMILES string of the molecule is CCN(CC)C(=O)C1CN(Cc2cc(C(=O)Nc3ccc4c(c3)N(C)C(=O)CC4)ccc2-c2ccccc2)CCO1. The first-order valence-electron chi connectivity index (χ1n) is 14.4. The molecule has 8 nitrogen and oxygen atoms in total. The number of hydrogen-bond donors (Lipinski definition) is 1. The number of amides is 3. The summed E-state index contributed by atoms with van der Waals surface area (Å²) < 4.78 is 5.87. The molecule has 2 aliphatic heterocycles. The second-order valence-electron chi connectivity index (χ2n) is 10.6. The smallest absolute Gasteiger partial charge is 0.255 e. The lowest BCUT2D eigenvalue weighted by Gasteiger charge is -2.35. The van der Waals surface area contributed by atoms with Gasteiger partial charge in [-0.2, -0.15) is 0 Å². The maximum atomic E-state index is 13.4. The Morgan fingerprint density at radius 3 is 2.54 bits per heavy atom. The highest BCUT2D eigenvalue weighted by atomic mass is 16.5. The third kappa shape index (κ3) is 6.34. The molecule has 3 aromatic rings. The summed E-state index contributed by atoms with van der Waals surface area (Å²) in [5.74, 6) is -0.119. The van der Waals surface area contributed by atoms with Crippen molar-refractivity contribution in [2.24, 2.45) is 0 Å². The number of likely N-dealkylation sites (N-methyl/N-ethyl adjacent to an activating group) is 1. The standard InChI is InChI=1S/C33H38N4O4/c1-4-37(5-2)33(40)30-22-36(17-18-41-30)21-26-19-25(12-15-28(26)23-9-7-6-8-10-23)32(39)34-27-14-11-24-13-16-31(38)35(3)29(24)20-27/h6-12,14-15,19-20,30H,4-5,13,16-18,21-22H2,1-3H3,(H,34,39). The highest BCUT2D eigenvalue weighted by Crippen LogP contribution is 2.31. The molecule has 1 N–H and O–H groups in total. The van der Waals surface area contributed by atoms with Gasteiger partial charge < -0.3 is 19.9 Å². The molecule has 0 spiro atoms. The minimum absolute atomic E-state index is 0.0218. The lowest BCUT2D eigenvalue weighted by Crippen LogP contribution is -2.50. The highest BCUT2D eigenvalue weighted by Gasteiger charge is 2.30. The van der Waals surface area contributed by atoms with Crippen LogP contribution in [0.1, 0.15) is 41.8 Å². The molecular formula is C33H38N4O4. The number of nitrogens with one attached hydrogen (secondary N) is 1. The van der Waals surface area contributed by atoms with E-state index in [1.54, 1.807) is 11.9 Å². The molecule has 3 aromatic carbocycles. The molecule has 0 aromatic heterocycles. The van der Waals surface area contributed by atoms with E-state index in [0.29, 0.717) is 63.4 Å². The summed E-state index contributed by atoms with van der Waals surface area (Å²) in [5, 5.41) is 3.02. The summed E-state index contributed by atoms with van der Waals surface area (Å²) in [7, 11) is 1.77. The molecule has 214 valence electrons. The van der Waals surface area contributed by atoms with E-state index in [2.05, 4.69) is 22.3 Å². The maximum Gasteiger partial charge on any atom is 0.255 e. The molecule has 2 heterocycles. The Bertz CT molecular complexity index is 1420. The predicted octanol–water partition coefficient (Wildman–Crippen LogP) is 4.58. The van der Waals surface area contributed by atoms with Crippen molar-refractivity contribution in [1.29, 1.82) is 0 Å². The molecule has 3 amide bonds. The van der Waals surface area contributed by atoms with E-state index in [4.69, 9.17) is 4.74 Å². The van der Waals surface area contributed by atoms with Crippen molar-refractivity contribution in [1.82, 2.24) is 9.80 Å². The van der Waals surface area contributed by atoms with Gasteiger partial charge in [0.1, 0.15) is 6.10 Å². The van der Waals surface area contributed by atoms with Crippen LogP contribution in [-0.4, -0.2) is 73.5 Å². The fourth-order valence-electron chi connectivity index (χ4n) is 5.65. The number of anilines is 2. The lowest BCUT2D eigenvalue weighted by molar-refractivity contribution is -0.149. The fraction of sp³-hybridized carbons (Fsp3) is 0.364. The number of benzene rings is 3. The van der Waals surface area contributed by atoms with Gasteiger partial charge in [0.25, 0.3) is 11.8 Å². The zero-order valence-corrected chi connectivity index (χ0v) is 24.1. The van der Waals surface area contributed by atoms with Gasteiger partial charge >= 0.3 is 0 Å². The Hall–Kier alpha value is -4.01. The first-order valence-corrected chi connectivity index (χ1v) is 14.4. The summed E-state index contributed by atoms with van der Waals surface area (Å²) in [5.41, 5.74) is 6.26. The van der Waals surface area contributed by atoms with Crippen molar-refractivity contribution >= 4 is 29.1 Å². The van der Waals surface area contributed by atoms with Crippen molar-refractivity contribution in [3.63, 3.8) is 0 Å². The van der Waals surface area contributed by atoms with Gasteiger partial charge in [0.05, 0.1) is 6.61 Å². The summed E-state index contributed by atoms with van der Waals surface area (Å²) in [6.07, 6.45) is 0.712. The third-order valence-electron chi connectivity index (χ3n) is 8.03. The van der Waals surface area contributed by atoms with Crippen LogP contribution in [0.25, 0.3) is 11.1 Å². The molecule has 1 atom stereocenters. The Kier molecular flexibility index (Phi) is 8.81.